The number of hydrogen-bond donors (Lipinski definition) is 1. The SMILES string of the molecule is Cc1c(N)cncc1CBr. The monoisotopic (exact) mass is 200 g/mol. The van der Waals surface area contributed by atoms with E-state index in [1.165, 1.54) is 0 Å². The van der Waals surface area contributed by atoms with Gasteiger partial charge in [0.2, 0.25) is 0 Å². The van der Waals surface area contributed by atoms with Crippen LogP contribution in [0, 0.1) is 6.92 Å². The average Bonchev–Trinajstić information content (AvgIpc) is 1.95. The first-order valence-electron chi connectivity index (χ1n) is 3.00. The highest BCUT2D eigenvalue weighted by molar-refractivity contribution is 9.08. The lowest BCUT2D eigenvalue weighted by Gasteiger charge is -2.02. The van der Waals surface area contributed by atoms with E-state index < -0.39 is 0 Å². The molecule has 1 heterocycles. The highest BCUT2D eigenvalue weighted by Crippen LogP contribution is 2.15. The summed E-state index contributed by atoms with van der Waals surface area (Å²) >= 11 is 3.35. The van der Waals surface area contributed by atoms with Crippen molar-refractivity contribution in [2.75, 3.05) is 5.73 Å². The zero-order valence-corrected chi connectivity index (χ0v) is 7.35. The Labute approximate surface area is 68.6 Å². The van der Waals surface area contributed by atoms with Crippen molar-refractivity contribution in [2.45, 2.75) is 12.3 Å². The molecule has 0 aliphatic rings. The Morgan fingerprint density at radius 2 is 2.30 bits per heavy atom. The molecule has 0 bridgehead atoms. The van der Waals surface area contributed by atoms with Crippen molar-refractivity contribution < 1.29 is 0 Å². The number of alkyl halides is 1. The van der Waals surface area contributed by atoms with Crippen molar-refractivity contribution in [1.82, 2.24) is 4.98 Å². The predicted molar refractivity (Wildman–Crippen MR) is 46.0 cm³/mol. The van der Waals surface area contributed by atoms with E-state index in [4.69, 9.17) is 5.73 Å². The molecule has 0 radical (unpaired) electrons. The largest absolute Gasteiger partial charge is 0.397 e. The first kappa shape index (κ1) is 7.54. The first-order chi connectivity index (χ1) is 4.75. The van der Waals surface area contributed by atoms with E-state index in [0.29, 0.717) is 0 Å². The molecule has 2 N–H and O–H groups in total. The minimum Gasteiger partial charge on any atom is -0.397 e. The molecule has 0 aliphatic carbocycles. The van der Waals surface area contributed by atoms with Gasteiger partial charge < -0.3 is 5.73 Å². The van der Waals surface area contributed by atoms with Crippen LogP contribution >= 0.6 is 15.9 Å². The van der Waals surface area contributed by atoms with Gasteiger partial charge in [0.05, 0.1) is 11.9 Å². The molecule has 2 nitrogen and oxygen atoms in total. The summed E-state index contributed by atoms with van der Waals surface area (Å²) in [5.74, 6) is 0. The first-order valence-corrected chi connectivity index (χ1v) is 4.12. The number of rotatable bonds is 1. The summed E-state index contributed by atoms with van der Waals surface area (Å²) in [5.41, 5.74) is 8.64. The van der Waals surface area contributed by atoms with Crippen LogP contribution in [-0.4, -0.2) is 4.98 Å². The van der Waals surface area contributed by atoms with Crippen LogP contribution in [0.5, 0.6) is 0 Å². The average molecular weight is 201 g/mol. The van der Waals surface area contributed by atoms with Crippen molar-refractivity contribution in [3.8, 4) is 0 Å². The van der Waals surface area contributed by atoms with Gasteiger partial charge in [0.1, 0.15) is 0 Å². The van der Waals surface area contributed by atoms with Gasteiger partial charge in [-0.05, 0) is 18.1 Å². The van der Waals surface area contributed by atoms with Crippen LogP contribution in [0.25, 0.3) is 0 Å². The number of pyridine rings is 1. The molecule has 0 saturated heterocycles. The lowest BCUT2D eigenvalue weighted by molar-refractivity contribution is 1.21. The summed E-state index contributed by atoms with van der Waals surface area (Å²) in [6.45, 7) is 1.99. The van der Waals surface area contributed by atoms with Gasteiger partial charge in [-0.1, -0.05) is 15.9 Å². The number of aromatic nitrogens is 1. The normalized spacial score (nSPS) is 9.80. The molecule has 0 fully saturated rings. The van der Waals surface area contributed by atoms with Crippen LogP contribution in [0.2, 0.25) is 0 Å². The molecule has 1 aromatic heterocycles. The van der Waals surface area contributed by atoms with Crippen LogP contribution < -0.4 is 5.73 Å². The molecule has 1 aromatic rings. The third kappa shape index (κ3) is 1.29. The zero-order valence-electron chi connectivity index (χ0n) is 5.76. The molecule has 0 aromatic carbocycles. The van der Waals surface area contributed by atoms with Crippen LogP contribution in [0.15, 0.2) is 12.4 Å². The number of nitrogens with zero attached hydrogens (tertiary/aromatic N) is 1. The number of nitrogen functional groups attached to an aromatic ring is 1. The second-order valence-corrected chi connectivity index (χ2v) is 2.71. The van der Waals surface area contributed by atoms with E-state index in [0.717, 1.165) is 22.1 Å². The fraction of sp³-hybridized carbons (Fsp3) is 0.286. The number of nitrogens with two attached hydrogens (primary N) is 1. The maximum Gasteiger partial charge on any atom is 0.0533 e. The maximum absolute atomic E-state index is 5.61. The molecule has 0 aliphatic heterocycles. The number of anilines is 1. The molecule has 3 heteroatoms. The topological polar surface area (TPSA) is 38.9 Å². The van der Waals surface area contributed by atoms with Crippen molar-refractivity contribution in [2.24, 2.45) is 0 Å². The van der Waals surface area contributed by atoms with Crippen molar-refractivity contribution in [3.05, 3.63) is 23.5 Å². The zero-order chi connectivity index (χ0) is 7.56. The van der Waals surface area contributed by atoms with E-state index in [-0.39, 0.29) is 0 Å². The molecule has 0 unspecified atom stereocenters. The second-order valence-electron chi connectivity index (χ2n) is 2.15. The van der Waals surface area contributed by atoms with E-state index >= 15 is 0 Å². The van der Waals surface area contributed by atoms with Gasteiger partial charge in [-0.15, -0.1) is 0 Å². The summed E-state index contributed by atoms with van der Waals surface area (Å²) in [6, 6.07) is 0. The number of hydrogen-bond acceptors (Lipinski definition) is 2. The molecule has 0 amide bonds. The van der Waals surface area contributed by atoms with Crippen LogP contribution in [-0.2, 0) is 5.33 Å². The Morgan fingerprint density at radius 1 is 1.60 bits per heavy atom. The van der Waals surface area contributed by atoms with Crippen molar-refractivity contribution in [1.29, 1.82) is 0 Å². The second kappa shape index (κ2) is 3.01. The van der Waals surface area contributed by atoms with E-state index in [2.05, 4.69) is 20.9 Å². The quantitative estimate of drug-likeness (QED) is 0.704. The number of halogens is 1. The molecular formula is C7H9BrN2. The molecule has 54 valence electrons. The van der Waals surface area contributed by atoms with E-state index in [1.54, 1.807) is 6.20 Å². The standard InChI is InChI=1S/C7H9BrN2/c1-5-6(2-8)3-10-4-7(5)9/h3-4H,2,9H2,1H3. The van der Waals surface area contributed by atoms with Gasteiger partial charge in [-0.2, -0.15) is 0 Å². The fourth-order valence-corrected chi connectivity index (χ4v) is 1.29. The molecule has 1 rings (SSSR count). The van der Waals surface area contributed by atoms with Crippen LogP contribution in [0.4, 0.5) is 5.69 Å². The third-order valence-electron chi connectivity index (χ3n) is 1.50. The Morgan fingerprint density at radius 3 is 2.80 bits per heavy atom. The highest BCUT2D eigenvalue weighted by atomic mass is 79.9. The van der Waals surface area contributed by atoms with Crippen molar-refractivity contribution in [3.63, 3.8) is 0 Å². The minimum atomic E-state index is 0.761. The molecule has 0 atom stereocenters. The molecule has 0 spiro atoms. The molecule has 10 heavy (non-hydrogen) atoms. The summed E-state index contributed by atoms with van der Waals surface area (Å²) in [6.07, 6.45) is 3.49. The van der Waals surface area contributed by atoms with Gasteiger partial charge >= 0.3 is 0 Å². The summed E-state index contributed by atoms with van der Waals surface area (Å²) in [5, 5.41) is 0.816. The Bertz CT molecular complexity index is 235. The van der Waals surface area contributed by atoms with Gasteiger partial charge in [0, 0.05) is 11.5 Å². The summed E-state index contributed by atoms with van der Waals surface area (Å²) in [7, 11) is 0. The van der Waals surface area contributed by atoms with Gasteiger partial charge in [0.15, 0.2) is 0 Å². The highest BCUT2D eigenvalue weighted by Gasteiger charge is 1.98. The van der Waals surface area contributed by atoms with E-state index in [9.17, 15) is 0 Å². The summed E-state index contributed by atoms with van der Waals surface area (Å²) in [4.78, 5) is 3.96. The Balaban J connectivity index is 3.14. The molecular weight excluding hydrogens is 192 g/mol. The summed E-state index contributed by atoms with van der Waals surface area (Å²) < 4.78 is 0. The Hall–Kier alpha value is -0.570. The lowest BCUT2D eigenvalue weighted by atomic mass is 10.1. The third-order valence-corrected chi connectivity index (χ3v) is 2.11. The van der Waals surface area contributed by atoms with Gasteiger partial charge in [0.25, 0.3) is 0 Å². The fourth-order valence-electron chi connectivity index (χ4n) is 0.721. The molecule has 0 saturated carbocycles. The van der Waals surface area contributed by atoms with Crippen molar-refractivity contribution >= 4 is 21.6 Å². The Kier molecular flexibility index (Phi) is 2.27. The smallest absolute Gasteiger partial charge is 0.0533 e. The van der Waals surface area contributed by atoms with E-state index in [1.807, 2.05) is 13.1 Å². The van der Waals surface area contributed by atoms with Crippen LogP contribution in [0.1, 0.15) is 11.1 Å². The maximum atomic E-state index is 5.61. The predicted octanol–water partition coefficient (Wildman–Crippen LogP) is 1.87. The van der Waals surface area contributed by atoms with Gasteiger partial charge in [-0.25, -0.2) is 0 Å². The minimum absolute atomic E-state index is 0.761. The van der Waals surface area contributed by atoms with Crippen LogP contribution in [0.3, 0.4) is 0 Å². The lowest BCUT2D eigenvalue weighted by Crippen LogP contribution is -1.94. The van der Waals surface area contributed by atoms with Gasteiger partial charge in [-0.3, -0.25) is 4.98 Å².